The van der Waals surface area contributed by atoms with Crippen LogP contribution < -0.4 is 26.0 Å². The van der Waals surface area contributed by atoms with Crippen LogP contribution in [0.15, 0.2) is 91.1 Å². The summed E-state index contributed by atoms with van der Waals surface area (Å²) in [6.07, 6.45) is 4.37. The molecule has 0 aliphatic heterocycles. The Morgan fingerprint density at radius 2 is 1.76 bits per heavy atom. The third kappa shape index (κ3) is 10.1. The maximum absolute atomic E-state index is 13.9. The van der Waals surface area contributed by atoms with Gasteiger partial charge < -0.3 is 30.4 Å². The van der Waals surface area contributed by atoms with Gasteiger partial charge in [-0.3, -0.25) is 14.5 Å². The van der Waals surface area contributed by atoms with Crippen LogP contribution in [-0.4, -0.2) is 45.7 Å². The van der Waals surface area contributed by atoms with E-state index in [0.29, 0.717) is 35.1 Å². The summed E-state index contributed by atoms with van der Waals surface area (Å²) in [7, 11) is 1.91. The molecule has 2 aromatic heterocycles. The quantitative estimate of drug-likeness (QED) is 0.0419. The monoisotopic (exact) mass is 711 g/mol. The van der Waals surface area contributed by atoms with Gasteiger partial charge >= 0.3 is 12.1 Å². The molecule has 0 aliphatic carbocycles. The second kappa shape index (κ2) is 18.0. The van der Waals surface area contributed by atoms with Crippen molar-refractivity contribution in [1.82, 2.24) is 19.9 Å². The number of halogens is 1. The van der Waals surface area contributed by atoms with Crippen LogP contribution in [0.25, 0.3) is 11.0 Å². The molecule has 266 valence electrons. The fourth-order valence-corrected chi connectivity index (χ4v) is 5.54. The van der Waals surface area contributed by atoms with Crippen LogP contribution in [0.3, 0.4) is 0 Å². The number of para-hydroxylation sites is 1. The Labute approximate surface area is 301 Å². The van der Waals surface area contributed by atoms with Crippen LogP contribution in [0.4, 0.5) is 16.3 Å². The van der Waals surface area contributed by atoms with E-state index in [9.17, 15) is 14.4 Å². The number of rotatable bonds is 16. The number of anilines is 2. The molecular weight excluding hydrogens is 670 g/mol. The minimum absolute atomic E-state index is 0.0392. The summed E-state index contributed by atoms with van der Waals surface area (Å²) >= 11 is 6.14. The number of nitrogens with zero attached hydrogens (tertiary/aromatic N) is 4. The van der Waals surface area contributed by atoms with Crippen molar-refractivity contribution in [1.29, 1.82) is 0 Å². The van der Waals surface area contributed by atoms with Crippen molar-refractivity contribution in [3.05, 3.63) is 113 Å². The van der Waals surface area contributed by atoms with Crippen molar-refractivity contribution in [2.24, 2.45) is 12.8 Å². The standard InChI is InChI=1S/C38H42ClN7O5/c1-3-4-5-10-23-50-38(49)44-36(40)26-14-17-28(18-15-26)42-25-34-43-30-24-27(16-19-31(30)45(34)2)37(48)46(33-13-8-9-21-41-33)22-20-35(47)51-32-12-7-6-11-29(32)39/h6-9,11-19,21,24,36,42H,3-5,10,20,22-23,25,40H2,1-2H3,(H,44,49). The Bertz CT molecular complexity index is 1930. The molecule has 5 aromatic rings. The first-order chi connectivity index (χ1) is 24.7. The molecule has 2 amide bonds. The number of fused-ring (bicyclic) bond motifs is 1. The molecule has 2 heterocycles. The van der Waals surface area contributed by atoms with E-state index in [-0.39, 0.29) is 24.6 Å². The molecule has 1 unspecified atom stereocenters. The molecule has 0 aliphatic rings. The van der Waals surface area contributed by atoms with E-state index >= 15 is 0 Å². The molecule has 13 heteroatoms. The average molecular weight is 712 g/mol. The Kier molecular flexibility index (Phi) is 13.0. The molecular formula is C38H42ClN7O5. The van der Waals surface area contributed by atoms with Crippen LogP contribution in [0.1, 0.15) is 66.9 Å². The Morgan fingerprint density at radius 1 is 0.980 bits per heavy atom. The number of benzene rings is 3. The molecule has 1 atom stereocenters. The Hall–Kier alpha value is -5.46. The molecule has 0 fully saturated rings. The van der Waals surface area contributed by atoms with Crippen molar-refractivity contribution < 1.29 is 23.9 Å². The second-order valence-electron chi connectivity index (χ2n) is 11.9. The van der Waals surface area contributed by atoms with E-state index < -0.39 is 18.2 Å². The van der Waals surface area contributed by atoms with E-state index in [0.717, 1.165) is 48.3 Å². The lowest BCUT2D eigenvalue weighted by atomic mass is 10.1. The molecule has 51 heavy (non-hydrogen) atoms. The number of amides is 2. The number of ether oxygens (including phenoxy) is 2. The first kappa shape index (κ1) is 36.8. The number of hydrogen-bond donors (Lipinski definition) is 3. The lowest BCUT2D eigenvalue weighted by Gasteiger charge is -2.21. The zero-order chi connectivity index (χ0) is 36.2. The minimum Gasteiger partial charge on any atom is -0.450 e. The molecule has 3 aromatic carbocycles. The molecule has 12 nitrogen and oxygen atoms in total. The summed E-state index contributed by atoms with van der Waals surface area (Å²) in [6.45, 7) is 2.95. The summed E-state index contributed by atoms with van der Waals surface area (Å²) in [5.74, 6) is 0.546. The predicted octanol–water partition coefficient (Wildman–Crippen LogP) is 7.14. The highest BCUT2D eigenvalue weighted by atomic mass is 35.5. The third-order valence-corrected chi connectivity index (χ3v) is 8.53. The van der Waals surface area contributed by atoms with Crippen LogP contribution >= 0.6 is 11.6 Å². The summed E-state index contributed by atoms with van der Waals surface area (Å²) < 4.78 is 12.6. The summed E-state index contributed by atoms with van der Waals surface area (Å²) in [6, 6.07) is 24.7. The molecule has 0 saturated carbocycles. The fourth-order valence-electron chi connectivity index (χ4n) is 5.37. The number of esters is 1. The highest BCUT2D eigenvalue weighted by molar-refractivity contribution is 6.32. The van der Waals surface area contributed by atoms with Gasteiger partial charge in [0.25, 0.3) is 5.91 Å². The van der Waals surface area contributed by atoms with Gasteiger partial charge in [0.15, 0.2) is 0 Å². The van der Waals surface area contributed by atoms with Crippen molar-refractivity contribution in [3.63, 3.8) is 0 Å². The number of nitrogens with two attached hydrogens (primary N) is 1. The lowest BCUT2D eigenvalue weighted by Crippen LogP contribution is -2.34. The smallest absolute Gasteiger partial charge is 0.408 e. The maximum Gasteiger partial charge on any atom is 0.408 e. The molecule has 0 saturated heterocycles. The molecule has 0 radical (unpaired) electrons. The van der Waals surface area contributed by atoms with Gasteiger partial charge in [0, 0.05) is 31.0 Å². The molecule has 5 rings (SSSR count). The van der Waals surface area contributed by atoms with Gasteiger partial charge in [-0.25, -0.2) is 14.8 Å². The van der Waals surface area contributed by atoms with Gasteiger partial charge in [0.2, 0.25) is 0 Å². The summed E-state index contributed by atoms with van der Waals surface area (Å²) in [4.78, 5) is 49.2. The van der Waals surface area contributed by atoms with E-state index in [1.54, 1.807) is 60.8 Å². The fraction of sp³-hybridized carbons (Fsp3) is 0.289. The Morgan fingerprint density at radius 3 is 2.51 bits per heavy atom. The van der Waals surface area contributed by atoms with Crippen molar-refractivity contribution >= 4 is 52.1 Å². The number of carbonyl (C=O) groups excluding carboxylic acids is 3. The Balaban J connectivity index is 1.21. The SMILES string of the molecule is CCCCCCOC(=O)NC(N)c1ccc(NCc2nc3cc(C(=O)N(CCC(=O)Oc4ccccc4Cl)c4ccccn4)ccc3n2C)cc1. The van der Waals surface area contributed by atoms with Gasteiger partial charge in [-0.2, -0.15) is 0 Å². The average Bonchev–Trinajstić information content (AvgIpc) is 3.46. The third-order valence-electron chi connectivity index (χ3n) is 8.22. The number of carbonyl (C=O) groups is 3. The zero-order valence-electron chi connectivity index (χ0n) is 28.7. The van der Waals surface area contributed by atoms with Gasteiger partial charge in [-0.15, -0.1) is 0 Å². The first-order valence-electron chi connectivity index (χ1n) is 16.9. The van der Waals surface area contributed by atoms with Crippen molar-refractivity contribution in [2.75, 3.05) is 23.4 Å². The van der Waals surface area contributed by atoms with E-state index in [2.05, 4.69) is 22.5 Å². The van der Waals surface area contributed by atoms with Crippen LogP contribution in [-0.2, 0) is 23.1 Å². The van der Waals surface area contributed by atoms with E-state index in [4.69, 9.17) is 31.8 Å². The lowest BCUT2D eigenvalue weighted by molar-refractivity contribution is -0.134. The predicted molar refractivity (Wildman–Crippen MR) is 198 cm³/mol. The second-order valence-corrected chi connectivity index (χ2v) is 12.3. The number of hydrogen-bond acceptors (Lipinski definition) is 9. The largest absolute Gasteiger partial charge is 0.450 e. The summed E-state index contributed by atoms with van der Waals surface area (Å²) in [5, 5.41) is 6.35. The van der Waals surface area contributed by atoms with Gasteiger partial charge in [0.1, 0.15) is 23.6 Å². The number of alkyl carbamates (subject to hydrolysis) is 1. The first-order valence-corrected chi connectivity index (χ1v) is 17.3. The van der Waals surface area contributed by atoms with Gasteiger partial charge in [-0.05, 0) is 66.6 Å². The minimum atomic E-state index is -0.699. The summed E-state index contributed by atoms with van der Waals surface area (Å²) in [5.41, 5.74) is 9.63. The van der Waals surface area contributed by atoms with Gasteiger partial charge in [0.05, 0.1) is 35.6 Å². The number of unbranched alkanes of at least 4 members (excludes halogenated alkanes) is 3. The number of imidazole rings is 1. The van der Waals surface area contributed by atoms with Crippen molar-refractivity contribution in [3.8, 4) is 5.75 Å². The number of pyridine rings is 1. The van der Waals surface area contributed by atoms with Crippen molar-refractivity contribution in [2.45, 2.75) is 51.7 Å². The highest BCUT2D eigenvalue weighted by Gasteiger charge is 2.22. The number of nitrogens with one attached hydrogen (secondary N) is 2. The highest BCUT2D eigenvalue weighted by Crippen LogP contribution is 2.25. The number of aryl methyl sites for hydroxylation is 1. The van der Waals surface area contributed by atoms with Crippen LogP contribution in [0, 0.1) is 0 Å². The maximum atomic E-state index is 13.9. The topological polar surface area (TPSA) is 154 Å². The molecule has 0 bridgehead atoms. The van der Waals surface area contributed by atoms with E-state index in [1.807, 2.05) is 41.9 Å². The normalized spacial score (nSPS) is 11.5. The molecule has 0 spiro atoms. The van der Waals surface area contributed by atoms with Crippen LogP contribution in [0.5, 0.6) is 5.75 Å². The number of aromatic nitrogens is 3. The van der Waals surface area contributed by atoms with E-state index in [1.165, 1.54) is 4.90 Å². The van der Waals surface area contributed by atoms with Crippen LogP contribution in [0.2, 0.25) is 5.02 Å². The zero-order valence-corrected chi connectivity index (χ0v) is 29.4. The van der Waals surface area contributed by atoms with Gasteiger partial charge in [-0.1, -0.05) is 68.1 Å². The molecule has 4 N–H and O–H groups in total.